The summed E-state index contributed by atoms with van der Waals surface area (Å²) in [6.07, 6.45) is 1.22. The molecule has 0 spiro atoms. The van der Waals surface area contributed by atoms with Gasteiger partial charge in [0.15, 0.2) is 0 Å². The molecule has 40 heavy (non-hydrogen) atoms. The molecule has 1 saturated heterocycles. The summed E-state index contributed by atoms with van der Waals surface area (Å²) >= 11 is 0. The Morgan fingerprint density at radius 2 is 1.35 bits per heavy atom. The van der Waals surface area contributed by atoms with Gasteiger partial charge in [-0.1, -0.05) is 60.7 Å². The Hall–Kier alpha value is -4.25. The molecule has 1 heterocycles. The molecule has 0 aliphatic carbocycles. The molecule has 11 nitrogen and oxygen atoms in total. The molecule has 2 aromatic carbocycles. The molecule has 0 aromatic heterocycles. The molecule has 1 aliphatic rings. The zero-order valence-corrected chi connectivity index (χ0v) is 22.7. The van der Waals surface area contributed by atoms with Gasteiger partial charge in [0, 0.05) is 19.4 Å². The van der Waals surface area contributed by atoms with Crippen LogP contribution in [-0.4, -0.2) is 76.4 Å². The third-order valence-corrected chi connectivity index (χ3v) is 6.80. The third-order valence-electron chi connectivity index (χ3n) is 6.80. The predicted molar refractivity (Wildman–Crippen MR) is 148 cm³/mol. The zero-order chi connectivity index (χ0) is 29.2. The van der Waals surface area contributed by atoms with E-state index >= 15 is 0 Å². The zero-order valence-electron chi connectivity index (χ0n) is 22.7. The maximum atomic E-state index is 13.4. The second kappa shape index (κ2) is 14.2. The van der Waals surface area contributed by atoms with Gasteiger partial charge < -0.3 is 31.7 Å². The number of benzene rings is 2. The van der Waals surface area contributed by atoms with Crippen LogP contribution < -0.4 is 21.7 Å². The molecule has 0 unspecified atom stereocenters. The third kappa shape index (κ3) is 8.37. The molecule has 1 fully saturated rings. The number of hydrogen-bond donors (Lipinski definition) is 5. The first kappa shape index (κ1) is 30.3. The largest absolute Gasteiger partial charge is 0.480 e. The van der Waals surface area contributed by atoms with Crippen molar-refractivity contribution in [1.82, 2.24) is 20.9 Å². The Morgan fingerprint density at radius 3 is 1.88 bits per heavy atom. The first-order valence-corrected chi connectivity index (χ1v) is 13.3. The molecule has 1 aliphatic heterocycles. The lowest BCUT2D eigenvalue weighted by Gasteiger charge is -2.28. The van der Waals surface area contributed by atoms with Crippen molar-refractivity contribution in [3.63, 3.8) is 0 Å². The van der Waals surface area contributed by atoms with E-state index in [0.717, 1.165) is 11.1 Å². The predicted octanol–water partition coefficient (Wildman–Crippen LogP) is 0.369. The van der Waals surface area contributed by atoms with Crippen LogP contribution in [0.15, 0.2) is 60.7 Å². The van der Waals surface area contributed by atoms with Gasteiger partial charge in [-0.05, 0) is 37.8 Å². The smallest absolute Gasteiger partial charge is 0.326 e. The minimum atomic E-state index is -1.09. The second-order valence-electron chi connectivity index (χ2n) is 10.0. The van der Waals surface area contributed by atoms with Crippen molar-refractivity contribution < 1.29 is 29.1 Å². The number of likely N-dealkylation sites (tertiary alicyclic amines) is 1. The Labute approximate surface area is 233 Å². The van der Waals surface area contributed by atoms with E-state index < -0.39 is 59.8 Å². The number of aliphatic carboxylic acids is 1. The van der Waals surface area contributed by atoms with Crippen LogP contribution in [0.3, 0.4) is 0 Å². The second-order valence-corrected chi connectivity index (χ2v) is 10.0. The lowest BCUT2D eigenvalue weighted by molar-refractivity contribution is -0.149. The Morgan fingerprint density at radius 1 is 0.825 bits per heavy atom. The minimum absolute atomic E-state index is 0.149. The van der Waals surface area contributed by atoms with Gasteiger partial charge in [-0.15, -0.1) is 0 Å². The normalized spacial score (nSPS) is 17.7. The summed E-state index contributed by atoms with van der Waals surface area (Å²) in [5.74, 6) is -3.30. The van der Waals surface area contributed by atoms with E-state index in [-0.39, 0.29) is 19.4 Å². The number of carboxylic acids is 1. The fourth-order valence-electron chi connectivity index (χ4n) is 4.58. The van der Waals surface area contributed by atoms with E-state index in [0.29, 0.717) is 12.8 Å². The lowest BCUT2D eigenvalue weighted by Crippen LogP contribution is -2.58. The van der Waals surface area contributed by atoms with E-state index in [1.807, 2.05) is 48.5 Å². The topological polar surface area (TPSA) is 171 Å². The SMILES string of the molecule is C[C@H](N)C(=O)N[C@@H](Cc1ccccc1)C(=O)N[C@@H](C)C(=O)N[C@@H](Cc1ccccc1)C(=O)N1CCC[C@H]1C(=O)O. The standard InChI is InChI=1S/C29H37N5O6/c1-18(30)25(35)32-22(16-20-10-5-3-6-11-20)27(37)31-19(2)26(36)33-23(17-21-12-7-4-8-13-21)28(38)34-15-9-14-24(34)29(39)40/h3-8,10-13,18-19,22-24H,9,14-17,30H2,1-2H3,(H,31,37)(H,32,35)(H,33,36)(H,39,40)/t18-,19-,22-,23-,24-/m0/s1. The molecule has 214 valence electrons. The highest BCUT2D eigenvalue weighted by molar-refractivity contribution is 5.95. The van der Waals surface area contributed by atoms with E-state index in [1.54, 1.807) is 12.1 Å². The maximum Gasteiger partial charge on any atom is 0.326 e. The van der Waals surface area contributed by atoms with Gasteiger partial charge in [0.2, 0.25) is 23.6 Å². The Kier molecular flexibility index (Phi) is 10.8. The highest BCUT2D eigenvalue weighted by Crippen LogP contribution is 2.20. The summed E-state index contributed by atoms with van der Waals surface area (Å²) < 4.78 is 0. The van der Waals surface area contributed by atoms with Gasteiger partial charge >= 0.3 is 5.97 Å². The van der Waals surface area contributed by atoms with Crippen molar-refractivity contribution in [2.75, 3.05) is 6.54 Å². The van der Waals surface area contributed by atoms with Gasteiger partial charge in [-0.2, -0.15) is 0 Å². The van der Waals surface area contributed by atoms with Crippen molar-refractivity contribution in [1.29, 1.82) is 0 Å². The highest BCUT2D eigenvalue weighted by atomic mass is 16.4. The fourth-order valence-corrected chi connectivity index (χ4v) is 4.58. The lowest BCUT2D eigenvalue weighted by atomic mass is 10.0. The highest BCUT2D eigenvalue weighted by Gasteiger charge is 2.38. The van der Waals surface area contributed by atoms with E-state index in [4.69, 9.17) is 5.73 Å². The van der Waals surface area contributed by atoms with Crippen LogP contribution in [0.4, 0.5) is 0 Å². The average Bonchev–Trinajstić information content (AvgIpc) is 3.43. The number of nitrogens with zero attached hydrogens (tertiary/aromatic N) is 1. The van der Waals surface area contributed by atoms with Crippen LogP contribution in [-0.2, 0) is 36.8 Å². The number of carbonyl (C=O) groups excluding carboxylic acids is 4. The quantitative estimate of drug-likeness (QED) is 0.254. The van der Waals surface area contributed by atoms with Crippen molar-refractivity contribution in [2.45, 2.75) is 69.7 Å². The van der Waals surface area contributed by atoms with E-state index in [1.165, 1.54) is 18.7 Å². The van der Waals surface area contributed by atoms with Gasteiger partial charge in [0.25, 0.3) is 0 Å². The number of rotatable bonds is 12. The summed E-state index contributed by atoms with van der Waals surface area (Å²) in [7, 11) is 0. The van der Waals surface area contributed by atoms with Crippen LogP contribution in [0.1, 0.15) is 37.8 Å². The van der Waals surface area contributed by atoms with Gasteiger partial charge in [0.1, 0.15) is 24.2 Å². The first-order chi connectivity index (χ1) is 19.1. The molecule has 5 atom stereocenters. The van der Waals surface area contributed by atoms with Crippen LogP contribution >= 0.6 is 0 Å². The van der Waals surface area contributed by atoms with Crippen molar-refractivity contribution in [3.05, 3.63) is 71.8 Å². The molecule has 4 amide bonds. The fraction of sp³-hybridized carbons (Fsp3) is 0.414. The van der Waals surface area contributed by atoms with Gasteiger partial charge in [0.05, 0.1) is 6.04 Å². The number of hydrogen-bond acceptors (Lipinski definition) is 6. The van der Waals surface area contributed by atoms with Crippen LogP contribution in [0.2, 0.25) is 0 Å². The molecular formula is C29H37N5O6. The Balaban J connectivity index is 1.73. The molecule has 3 rings (SSSR count). The minimum Gasteiger partial charge on any atom is -0.480 e. The van der Waals surface area contributed by atoms with Gasteiger partial charge in [-0.25, -0.2) is 4.79 Å². The number of carbonyl (C=O) groups is 5. The van der Waals surface area contributed by atoms with E-state index in [2.05, 4.69) is 16.0 Å². The molecule has 0 bridgehead atoms. The van der Waals surface area contributed by atoms with Crippen molar-refractivity contribution in [2.24, 2.45) is 5.73 Å². The molecule has 6 N–H and O–H groups in total. The van der Waals surface area contributed by atoms with Gasteiger partial charge in [-0.3, -0.25) is 19.2 Å². The number of carboxylic acid groups (broad SMARTS) is 1. The molecule has 0 saturated carbocycles. The molecular weight excluding hydrogens is 514 g/mol. The average molecular weight is 552 g/mol. The van der Waals surface area contributed by atoms with Crippen LogP contribution in [0.25, 0.3) is 0 Å². The summed E-state index contributed by atoms with van der Waals surface area (Å²) in [6.45, 7) is 3.26. The number of nitrogens with two attached hydrogens (primary N) is 1. The molecule has 0 radical (unpaired) electrons. The van der Waals surface area contributed by atoms with Crippen molar-refractivity contribution in [3.8, 4) is 0 Å². The van der Waals surface area contributed by atoms with E-state index in [9.17, 15) is 29.1 Å². The summed E-state index contributed by atoms with van der Waals surface area (Å²) in [4.78, 5) is 65.1. The first-order valence-electron chi connectivity index (χ1n) is 13.3. The Bertz CT molecular complexity index is 1190. The molecule has 2 aromatic rings. The maximum absolute atomic E-state index is 13.4. The van der Waals surface area contributed by atoms with Crippen LogP contribution in [0.5, 0.6) is 0 Å². The number of nitrogens with one attached hydrogen (secondary N) is 3. The summed E-state index contributed by atoms with van der Waals surface area (Å²) in [5.41, 5.74) is 7.26. The monoisotopic (exact) mass is 551 g/mol. The molecule has 11 heteroatoms. The summed E-state index contributed by atoms with van der Waals surface area (Å²) in [6, 6.07) is 13.3. The van der Waals surface area contributed by atoms with Crippen LogP contribution in [0, 0.1) is 0 Å². The number of amides is 4. The van der Waals surface area contributed by atoms with Crippen molar-refractivity contribution >= 4 is 29.6 Å². The summed E-state index contributed by atoms with van der Waals surface area (Å²) in [5, 5.41) is 17.5.